The first-order chi connectivity index (χ1) is 9.84. The summed E-state index contributed by atoms with van der Waals surface area (Å²) in [5.74, 6) is 1.73. The van der Waals surface area contributed by atoms with Gasteiger partial charge in [-0.15, -0.1) is 0 Å². The number of amides is 1. The number of hydrogen-bond donors (Lipinski definition) is 2. The molecule has 3 rings (SSSR count). The van der Waals surface area contributed by atoms with Crippen LogP contribution in [-0.4, -0.2) is 32.2 Å². The van der Waals surface area contributed by atoms with E-state index in [1.807, 2.05) is 18.2 Å². The Morgan fingerprint density at radius 2 is 2.25 bits per heavy atom. The third kappa shape index (κ3) is 2.88. The van der Waals surface area contributed by atoms with Crippen LogP contribution in [0.15, 0.2) is 18.2 Å². The molecule has 1 fully saturated rings. The average molecular weight is 276 g/mol. The fourth-order valence-electron chi connectivity index (χ4n) is 2.68. The van der Waals surface area contributed by atoms with E-state index in [9.17, 15) is 4.79 Å². The number of carbonyl (C=O) groups excluding carboxylic acids is 1. The van der Waals surface area contributed by atoms with Crippen LogP contribution in [0.25, 0.3) is 0 Å². The number of nitrogens with one attached hydrogen (secondary N) is 2. The standard InChI is InChI=1S/C15H20N2O3/c18-15(12-4-2-6-16-9-12)17-10-11-3-1-5-13-14(11)20-8-7-19-13/h1,3,5,12,16H,2,4,6-10H2,(H,17,18). The van der Waals surface area contributed by atoms with Gasteiger partial charge in [-0.3, -0.25) is 4.79 Å². The predicted octanol–water partition coefficient (Wildman–Crippen LogP) is 1.07. The Hall–Kier alpha value is -1.75. The van der Waals surface area contributed by atoms with Gasteiger partial charge in [-0.2, -0.15) is 0 Å². The molecule has 1 atom stereocenters. The Morgan fingerprint density at radius 3 is 3.10 bits per heavy atom. The fourth-order valence-corrected chi connectivity index (χ4v) is 2.68. The van der Waals surface area contributed by atoms with E-state index in [2.05, 4.69) is 10.6 Å². The van der Waals surface area contributed by atoms with Crippen molar-refractivity contribution in [1.82, 2.24) is 10.6 Å². The van der Waals surface area contributed by atoms with Crippen LogP contribution in [-0.2, 0) is 11.3 Å². The van der Waals surface area contributed by atoms with Crippen LogP contribution in [0.4, 0.5) is 0 Å². The highest BCUT2D eigenvalue weighted by molar-refractivity contribution is 5.79. The molecule has 2 N–H and O–H groups in total. The number of benzene rings is 1. The predicted molar refractivity (Wildman–Crippen MR) is 74.9 cm³/mol. The molecule has 2 heterocycles. The lowest BCUT2D eigenvalue weighted by Gasteiger charge is -2.23. The van der Waals surface area contributed by atoms with E-state index in [0.29, 0.717) is 19.8 Å². The van der Waals surface area contributed by atoms with Crippen molar-refractivity contribution in [2.24, 2.45) is 5.92 Å². The molecule has 5 nitrogen and oxygen atoms in total. The lowest BCUT2D eigenvalue weighted by molar-refractivity contribution is -0.125. The average Bonchev–Trinajstić information content (AvgIpc) is 2.53. The Kier molecular flexibility index (Phi) is 4.06. The number of hydrogen-bond acceptors (Lipinski definition) is 4. The van der Waals surface area contributed by atoms with Crippen LogP contribution in [0.3, 0.4) is 0 Å². The number of para-hydroxylation sites is 1. The quantitative estimate of drug-likeness (QED) is 0.867. The summed E-state index contributed by atoms with van der Waals surface area (Å²) in [4.78, 5) is 12.1. The lowest BCUT2D eigenvalue weighted by atomic mass is 9.99. The zero-order chi connectivity index (χ0) is 13.8. The van der Waals surface area contributed by atoms with Crippen molar-refractivity contribution in [3.63, 3.8) is 0 Å². The molecule has 0 aromatic heterocycles. The summed E-state index contributed by atoms with van der Waals surface area (Å²) in [5.41, 5.74) is 0.972. The second-order valence-electron chi connectivity index (χ2n) is 5.20. The van der Waals surface area contributed by atoms with Crippen molar-refractivity contribution in [1.29, 1.82) is 0 Å². The summed E-state index contributed by atoms with van der Waals surface area (Å²) in [6.45, 7) is 3.42. The monoisotopic (exact) mass is 276 g/mol. The Morgan fingerprint density at radius 1 is 1.35 bits per heavy atom. The van der Waals surface area contributed by atoms with E-state index >= 15 is 0 Å². The molecule has 0 saturated carbocycles. The molecule has 0 spiro atoms. The zero-order valence-corrected chi connectivity index (χ0v) is 11.5. The molecule has 1 unspecified atom stereocenters. The van der Waals surface area contributed by atoms with E-state index in [4.69, 9.17) is 9.47 Å². The minimum absolute atomic E-state index is 0.0838. The third-order valence-electron chi connectivity index (χ3n) is 3.77. The molecule has 0 radical (unpaired) electrons. The summed E-state index contributed by atoms with van der Waals surface area (Å²) >= 11 is 0. The van der Waals surface area contributed by atoms with Gasteiger partial charge in [-0.05, 0) is 25.5 Å². The summed E-state index contributed by atoms with van der Waals surface area (Å²) in [6, 6.07) is 5.79. The van der Waals surface area contributed by atoms with Crippen LogP contribution in [0, 0.1) is 5.92 Å². The number of piperidine rings is 1. The largest absolute Gasteiger partial charge is 0.486 e. The van der Waals surface area contributed by atoms with E-state index in [1.165, 1.54) is 0 Å². The molecule has 20 heavy (non-hydrogen) atoms. The van der Waals surface area contributed by atoms with E-state index in [1.54, 1.807) is 0 Å². The molecule has 1 amide bonds. The highest BCUT2D eigenvalue weighted by Crippen LogP contribution is 2.33. The number of ether oxygens (including phenoxy) is 2. The highest BCUT2D eigenvalue weighted by Gasteiger charge is 2.21. The first-order valence-electron chi connectivity index (χ1n) is 7.20. The highest BCUT2D eigenvalue weighted by atomic mass is 16.6. The molecule has 5 heteroatoms. The van der Waals surface area contributed by atoms with Crippen LogP contribution < -0.4 is 20.1 Å². The maximum absolute atomic E-state index is 12.1. The minimum atomic E-state index is 0.0838. The second kappa shape index (κ2) is 6.13. The Balaban J connectivity index is 1.62. The van der Waals surface area contributed by atoms with Gasteiger partial charge in [0.05, 0.1) is 5.92 Å². The number of rotatable bonds is 3. The van der Waals surface area contributed by atoms with E-state index in [-0.39, 0.29) is 11.8 Å². The lowest BCUT2D eigenvalue weighted by Crippen LogP contribution is -2.40. The van der Waals surface area contributed by atoms with Crippen molar-refractivity contribution in [3.8, 4) is 11.5 Å². The van der Waals surface area contributed by atoms with Crippen molar-refractivity contribution in [2.75, 3.05) is 26.3 Å². The summed E-state index contributed by atoms with van der Waals surface area (Å²) in [5, 5.41) is 6.26. The van der Waals surface area contributed by atoms with Crippen LogP contribution in [0.2, 0.25) is 0 Å². The molecule has 0 aliphatic carbocycles. The molecule has 108 valence electrons. The van der Waals surface area contributed by atoms with Gasteiger partial charge >= 0.3 is 0 Å². The molecule has 1 aromatic rings. The van der Waals surface area contributed by atoms with Crippen molar-refractivity contribution in [2.45, 2.75) is 19.4 Å². The van der Waals surface area contributed by atoms with Crippen LogP contribution in [0.1, 0.15) is 18.4 Å². The van der Waals surface area contributed by atoms with Gasteiger partial charge in [-0.1, -0.05) is 12.1 Å². The zero-order valence-electron chi connectivity index (χ0n) is 11.5. The van der Waals surface area contributed by atoms with Gasteiger partial charge in [0.15, 0.2) is 11.5 Å². The normalized spacial score (nSPS) is 21.3. The van der Waals surface area contributed by atoms with Crippen molar-refractivity contribution < 1.29 is 14.3 Å². The van der Waals surface area contributed by atoms with Gasteiger partial charge in [0.1, 0.15) is 13.2 Å². The molecule has 1 saturated heterocycles. The first-order valence-corrected chi connectivity index (χ1v) is 7.20. The number of carbonyl (C=O) groups is 1. The van der Waals surface area contributed by atoms with Gasteiger partial charge < -0.3 is 20.1 Å². The molecule has 1 aromatic carbocycles. The molecule has 2 aliphatic heterocycles. The Labute approximate surface area is 118 Å². The molecular formula is C15H20N2O3. The van der Waals surface area contributed by atoms with Crippen LogP contribution in [0.5, 0.6) is 11.5 Å². The van der Waals surface area contributed by atoms with Crippen molar-refractivity contribution >= 4 is 5.91 Å². The van der Waals surface area contributed by atoms with E-state index in [0.717, 1.165) is 43.0 Å². The fraction of sp³-hybridized carbons (Fsp3) is 0.533. The summed E-state index contributed by atoms with van der Waals surface area (Å²) < 4.78 is 11.2. The Bertz CT molecular complexity index is 484. The van der Waals surface area contributed by atoms with Gasteiger partial charge in [0.2, 0.25) is 5.91 Å². The van der Waals surface area contributed by atoms with E-state index < -0.39 is 0 Å². The second-order valence-corrected chi connectivity index (χ2v) is 5.20. The molecule has 2 aliphatic rings. The maximum Gasteiger partial charge on any atom is 0.224 e. The topological polar surface area (TPSA) is 59.6 Å². The SMILES string of the molecule is O=C(NCc1cccc2c1OCCO2)C1CCCNC1. The number of fused-ring (bicyclic) bond motifs is 1. The summed E-state index contributed by atoms with van der Waals surface area (Å²) in [6.07, 6.45) is 2.03. The van der Waals surface area contributed by atoms with Gasteiger partial charge in [-0.25, -0.2) is 0 Å². The van der Waals surface area contributed by atoms with Crippen LogP contribution >= 0.6 is 0 Å². The van der Waals surface area contributed by atoms with Crippen molar-refractivity contribution in [3.05, 3.63) is 23.8 Å². The molecular weight excluding hydrogens is 256 g/mol. The summed E-state index contributed by atoms with van der Waals surface area (Å²) in [7, 11) is 0. The minimum Gasteiger partial charge on any atom is -0.486 e. The third-order valence-corrected chi connectivity index (χ3v) is 3.77. The first kappa shape index (κ1) is 13.2. The molecule has 0 bridgehead atoms. The van der Waals surface area contributed by atoms with Gasteiger partial charge in [0.25, 0.3) is 0 Å². The smallest absolute Gasteiger partial charge is 0.224 e. The van der Waals surface area contributed by atoms with Gasteiger partial charge in [0, 0.05) is 18.7 Å². The maximum atomic E-state index is 12.1.